The van der Waals surface area contributed by atoms with Crippen molar-refractivity contribution in [3.05, 3.63) is 113 Å². The molecule has 38 heavy (non-hydrogen) atoms. The van der Waals surface area contributed by atoms with E-state index in [0.29, 0.717) is 18.8 Å². The molecule has 4 bridgehead atoms. The summed E-state index contributed by atoms with van der Waals surface area (Å²) in [5, 5.41) is 2.17. The third kappa shape index (κ3) is 2.45. The van der Waals surface area contributed by atoms with E-state index in [9.17, 15) is 4.79 Å². The molecule has 4 aliphatic carbocycles. The number of hydrogen-bond acceptors (Lipinski definition) is 4. The Morgan fingerprint density at radius 3 is 2.45 bits per heavy atom. The van der Waals surface area contributed by atoms with Crippen LogP contribution in [0, 0.1) is 5.92 Å². The first kappa shape index (κ1) is 22.2. The molecule has 2 spiro atoms. The predicted molar refractivity (Wildman–Crippen MR) is 144 cm³/mol. The molecule has 4 nitrogen and oxygen atoms in total. The molecule has 4 aromatic rings. The van der Waals surface area contributed by atoms with Gasteiger partial charge in [0, 0.05) is 30.1 Å². The third-order valence-corrected chi connectivity index (χ3v) is 9.55. The highest BCUT2D eigenvalue weighted by molar-refractivity contribution is 6.10. The van der Waals surface area contributed by atoms with Crippen LogP contribution in [0.1, 0.15) is 59.6 Å². The first-order valence-corrected chi connectivity index (χ1v) is 13.7. The monoisotopic (exact) mass is 500 g/mol. The van der Waals surface area contributed by atoms with Gasteiger partial charge in [-0.15, -0.1) is 0 Å². The second-order valence-electron chi connectivity index (χ2n) is 11.2. The minimum atomic E-state index is -1.41. The molecule has 4 heteroatoms. The Balaban J connectivity index is 1.53. The van der Waals surface area contributed by atoms with E-state index in [4.69, 9.17) is 9.47 Å². The van der Waals surface area contributed by atoms with Gasteiger partial charge >= 0.3 is 0 Å². The molecule has 0 unspecified atom stereocenters. The summed E-state index contributed by atoms with van der Waals surface area (Å²) < 4.78 is 13.6. The molecule has 5 aliphatic rings. The van der Waals surface area contributed by atoms with E-state index in [1.165, 1.54) is 0 Å². The summed E-state index contributed by atoms with van der Waals surface area (Å²) in [7, 11) is 0. The van der Waals surface area contributed by atoms with Crippen LogP contribution in [0.2, 0.25) is 0 Å². The fourth-order valence-electron chi connectivity index (χ4n) is 8.14. The summed E-state index contributed by atoms with van der Waals surface area (Å²) in [5.41, 5.74) is 2.22. The highest BCUT2D eigenvalue weighted by atomic mass is 16.5. The van der Waals surface area contributed by atoms with Crippen molar-refractivity contribution in [3.63, 3.8) is 0 Å². The van der Waals surface area contributed by atoms with E-state index in [1.54, 1.807) is 0 Å². The van der Waals surface area contributed by atoms with Crippen molar-refractivity contribution in [2.24, 2.45) is 5.92 Å². The maximum atomic E-state index is 15.2. The Bertz CT molecular complexity index is 1670. The van der Waals surface area contributed by atoms with Gasteiger partial charge in [-0.3, -0.25) is 9.59 Å². The van der Waals surface area contributed by atoms with E-state index in [-0.39, 0.29) is 23.9 Å². The Kier molecular flexibility index (Phi) is 4.47. The van der Waals surface area contributed by atoms with Gasteiger partial charge in [-0.05, 0) is 46.4 Å². The van der Waals surface area contributed by atoms with Crippen molar-refractivity contribution in [2.45, 2.75) is 49.2 Å². The van der Waals surface area contributed by atoms with Gasteiger partial charge in [-0.2, -0.15) is 0 Å². The molecule has 5 atom stereocenters. The van der Waals surface area contributed by atoms with Crippen LogP contribution in [0.4, 0.5) is 0 Å². The van der Waals surface area contributed by atoms with E-state index >= 15 is 4.79 Å². The van der Waals surface area contributed by atoms with E-state index in [0.717, 1.165) is 45.0 Å². The number of benzene rings is 4. The van der Waals surface area contributed by atoms with Crippen LogP contribution in [0.3, 0.4) is 0 Å². The second-order valence-corrected chi connectivity index (χ2v) is 11.2. The topological polar surface area (TPSA) is 52.6 Å². The molecular weight excluding hydrogens is 472 g/mol. The molecule has 0 N–H and O–H groups in total. The molecule has 1 saturated carbocycles. The summed E-state index contributed by atoms with van der Waals surface area (Å²) in [5.74, 6) is 0.0952. The molecule has 4 aromatic carbocycles. The Morgan fingerprint density at radius 2 is 1.61 bits per heavy atom. The summed E-state index contributed by atoms with van der Waals surface area (Å²) in [6, 6.07) is 28.5. The zero-order valence-electron chi connectivity index (χ0n) is 21.3. The van der Waals surface area contributed by atoms with Crippen LogP contribution in [0.25, 0.3) is 10.8 Å². The number of hydrogen-bond donors (Lipinski definition) is 0. The molecule has 0 amide bonds. The highest BCUT2D eigenvalue weighted by Crippen LogP contribution is 2.67. The largest absolute Gasteiger partial charge is 0.473 e. The SMILES string of the molecule is CCCO[C@H]1c2ccccc2[C@]23Cc4c(ccc5ccccc45)O[C@]24C(=O)C[C@@H](c2ccccc24)[C@H]1C3=O. The third-order valence-electron chi connectivity index (χ3n) is 9.55. The average Bonchev–Trinajstić information content (AvgIpc) is 3.05. The fraction of sp³-hybridized carbons (Fsp3) is 0.294. The van der Waals surface area contributed by atoms with Gasteiger partial charge in [0.15, 0.2) is 11.6 Å². The summed E-state index contributed by atoms with van der Waals surface area (Å²) in [6.07, 6.45) is 1.16. The lowest BCUT2D eigenvalue weighted by atomic mass is 9.53. The highest BCUT2D eigenvalue weighted by Gasteiger charge is 2.75. The van der Waals surface area contributed by atoms with Crippen LogP contribution < -0.4 is 4.74 Å². The molecule has 188 valence electrons. The van der Waals surface area contributed by atoms with Crippen LogP contribution >= 0.6 is 0 Å². The van der Waals surface area contributed by atoms with E-state index in [1.807, 2.05) is 54.6 Å². The van der Waals surface area contributed by atoms with Gasteiger partial charge < -0.3 is 9.47 Å². The number of Topliss-reactive ketones (excluding diaryl/α,β-unsaturated/α-hetero) is 2. The van der Waals surface area contributed by atoms with Crippen LogP contribution in [-0.4, -0.2) is 18.2 Å². The predicted octanol–water partition coefficient (Wildman–Crippen LogP) is 6.34. The van der Waals surface area contributed by atoms with Gasteiger partial charge in [-0.1, -0.05) is 85.8 Å². The lowest BCUT2D eigenvalue weighted by Gasteiger charge is -2.54. The molecular formula is C34H28O4. The Labute approximate surface area is 221 Å². The van der Waals surface area contributed by atoms with Crippen molar-refractivity contribution >= 4 is 22.3 Å². The normalized spacial score (nSPS) is 30.1. The van der Waals surface area contributed by atoms with Gasteiger partial charge in [0.25, 0.3) is 0 Å². The van der Waals surface area contributed by atoms with E-state index < -0.39 is 23.0 Å². The summed E-state index contributed by atoms with van der Waals surface area (Å²) in [4.78, 5) is 29.8. The molecule has 1 aliphatic heterocycles. The van der Waals surface area contributed by atoms with Crippen LogP contribution in [0.5, 0.6) is 5.75 Å². The second kappa shape index (κ2) is 7.64. The molecule has 1 heterocycles. The zero-order chi connectivity index (χ0) is 25.6. The lowest BCUT2D eigenvalue weighted by Crippen LogP contribution is -2.66. The standard InChI is InChI=1S/C34H28O4/c1-2-17-37-31-23-12-6-7-13-26(23)33-19-25-21-10-4-3-9-20(21)15-16-28(25)38-34(33)27-14-8-5-11-22(27)24(18-29(34)35)30(31)32(33)36/h3-16,24,30-31H,2,17-19H2,1H3/t24-,30+,31-,33-,34+/m0/s1. The number of fused-ring (bicyclic) bond motifs is 5. The lowest BCUT2D eigenvalue weighted by molar-refractivity contribution is -0.157. The van der Waals surface area contributed by atoms with Crippen LogP contribution in [0.15, 0.2) is 84.9 Å². The van der Waals surface area contributed by atoms with Crippen LogP contribution in [-0.2, 0) is 31.8 Å². The maximum Gasteiger partial charge on any atom is 0.209 e. The number of rotatable bonds is 3. The maximum absolute atomic E-state index is 15.2. The average molecular weight is 501 g/mol. The molecule has 1 fully saturated rings. The van der Waals surface area contributed by atoms with Crippen molar-refractivity contribution in [1.29, 1.82) is 0 Å². The zero-order valence-corrected chi connectivity index (χ0v) is 21.3. The first-order chi connectivity index (χ1) is 18.6. The number of carbonyl (C=O) groups is 2. The van der Waals surface area contributed by atoms with Crippen molar-refractivity contribution in [3.8, 4) is 5.75 Å². The van der Waals surface area contributed by atoms with Gasteiger partial charge in [0.05, 0.1) is 12.0 Å². The minimum Gasteiger partial charge on any atom is -0.473 e. The first-order valence-electron chi connectivity index (χ1n) is 13.7. The Morgan fingerprint density at radius 1 is 0.868 bits per heavy atom. The summed E-state index contributed by atoms with van der Waals surface area (Å²) in [6.45, 7) is 2.65. The number of ketones is 2. The molecule has 0 aromatic heterocycles. The van der Waals surface area contributed by atoms with Crippen molar-refractivity contribution < 1.29 is 19.1 Å². The van der Waals surface area contributed by atoms with Crippen molar-refractivity contribution in [1.82, 2.24) is 0 Å². The van der Waals surface area contributed by atoms with Gasteiger partial charge in [0.1, 0.15) is 11.2 Å². The quantitative estimate of drug-likeness (QED) is 0.329. The van der Waals surface area contributed by atoms with Crippen molar-refractivity contribution in [2.75, 3.05) is 6.61 Å². The Hall–Kier alpha value is -3.76. The molecule has 9 rings (SSSR count). The van der Waals surface area contributed by atoms with E-state index in [2.05, 4.69) is 37.3 Å². The summed E-state index contributed by atoms with van der Waals surface area (Å²) >= 11 is 0. The van der Waals surface area contributed by atoms with Gasteiger partial charge in [-0.25, -0.2) is 0 Å². The molecule has 0 saturated heterocycles. The van der Waals surface area contributed by atoms with Gasteiger partial charge in [0.2, 0.25) is 5.60 Å². The number of ether oxygens (including phenoxy) is 2. The number of carbonyl (C=O) groups excluding carboxylic acids is 2. The molecule has 0 radical (unpaired) electrons. The smallest absolute Gasteiger partial charge is 0.209 e. The minimum absolute atomic E-state index is 0.00167. The fourth-order valence-corrected chi connectivity index (χ4v) is 8.14.